The van der Waals surface area contributed by atoms with Crippen LogP contribution < -0.4 is 5.32 Å². The number of nitrogens with zero attached hydrogens (tertiary/aromatic N) is 2. The molecule has 1 aromatic rings. The number of hydrogen-bond acceptors (Lipinski definition) is 3. The van der Waals surface area contributed by atoms with E-state index in [-0.39, 0.29) is 11.8 Å². The zero-order valence-electron chi connectivity index (χ0n) is 13.8. The Bertz CT molecular complexity index is 590. The topological polar surface area (TPSA) is 54.4 Å². The molecule has 4 nitrogen and oxygen atoms in total. The second-order valence-corrected chi connectivity index (χ2v) is 6.51. The van der Waals surface area contributed by atoms with Gasteiger partial charge in [0.05, 0.1) is 0 Å². The highest BCUT2D eigenvalue weighted by Gasteiger charge is 2.42. The van der Waals surface area contributed by atoms with Gasteiger partial charge in [-0.05, 0) is 36.3 Å². The van der Waals surface area contributed by atoms with E-state index in [9.17, 15) is 4.79 Å². The van der Waals surface area contributed by atoms with Gasteiger partial charge in [-0.15, -0.1) is 0 Å². The molecule has 0 saturated carbocycles. The lowest BCUT2D eigenvalue weighted by Crippen LogP contribution is -2.41. The minimum absolute atomic E-state index is 0.0384. The number of carbonyl (C=O) groups excluding carboxylic acids is 1. The molecule has 0 radical (unpaired) electrons. The van der Waals surface area contributed by atoms with Gasteiger partial charge in [-0.25, -0.2) is 4.99 Å². The lowest BCUT2D eigenvalue weighted by molar-refractivity contribution is -0.124. The van der Waals surface area contributed by atoms with E-state index in [0.717, 1.165) is 17.7 Å². The monoisotopic (exact) mass is 287 g/mol. The predicted octanol–water partition coefficient (Wildman–Crippen LogP) is 3.06. The zero-order valence-corrected chi connectivity index (χ0v) is 13.8. The maximum absolute atomic E-state index is 12.3. The summed E-state index contributed by atoms with van der Waals surface area (Å²) in [6.45, 7) is 12.3. The smallest absolute Gasteiger partial charge is 0.253 e. The summed E-state index contributed by atoms with van der Waals surface area (Å²) in [6.07, 6.45) is 2.83. The summed E-state index contributed by atoms with van der Waals surface area (Å²) in [5.74, 6) is 1.06. The Morgan fingerprint density at radius 2 is 1.95 bits per heavy atom. The summed E-state index contributed by atoms with van der Waals surface area (Å²) in [4.78, 5) is 21.5. The summed E-state index contributed by atoms with van der Waals surface area (Å²) in [5, 5.41) is 2.92. The molecule has 1 unspecified atom stereocenters. The van der Waals surface area contributed by atoms with E-state index in [1.165, 1.54) is 5.56 Å². The highest BCUT2D eigenvalue weighted by Crippen LogP contribution is 2.28. The number of carbonyl (C=O) groups is 1. The summed E-state index contributed by atoms with van der Waals surface area (Å²) in [7, 11) is 0. The Hall–Kier alpha value is -1.71. The Balaban J connectivity index is 2.50. The van der Waals surface area contributed by atoms with Gasteiger partial charge in [-0.2, -0.15) is 0 Å². The van der Waals surface area contributed by atoms with Gasteiger partial charge in [0.25, 0.3) is 5.91 Å². The lowest BCUT2D eigenvalue weighted by atomic mass is 9.89. The van der Waals surface area contributed by atoms with E-state index >= 15 is 0 Å². The summed E-state index contributed by atoms with van der Waals surface area (Å²) < 4.78 is 0. The normalized spacial score (nSPS) is 21.9. The van der Waals surface area contributed by atoms with Crippen molar-refractivity contribution >= 4 is 11.7 Å². The maximum atomic E-state index is 12.3. The van der Waals surface area contributed by atoms with Crippen LogP contribution in [0.25, 0.3) is 0 Å². The van der Waals surface area contributed by atoms with Crippen molar-refractivity contribution in [2.45, 2.75) is 59.4 Å². The first-order valence-electron chi connectivity index (χ1n) is 7.70. The first-order chi connectivity index (χ1) is 9.79. The molecule has 1 amide bonds. The molecule has 1 atom stereocenters. The number of amidine groups is 1. The number of rotatable bonds is 4. The van der Waals surface area contributed by atoms with Crippen molar-refractivity contribution in [2.75, 3.05) is 0 Å². The molecule has 1 N–H and O–H groups in total. The fourth-order valence-electron chi connectivity index (χ4n) is 2.41. The predicted molar refractivity (Wildman–Crippen MR) is 85.6 cm³/mol. The quantitative estimate of drug-likeness (QED) is 0.925. The molecule has 0 bridgehead atoms. The second kappa shape index (κ2) is 5.58. The fraction of sp³-hybridized carbons (Fsp3) is 0.588. The number of amides is 1. The molecule has 114 valence electrons. The number of aliphatic imine (C=N–C) groups is 1. The molecule has 1 aliphatic rings. The van der Waals surface area contributed by atoms with Crippen LogP contribution in [0.2, 0.25) is 0 Å². The lowest BCUT2D eigenvalue weighted by Gasteiger charge is -2.21. The molecule has 1 aliphatic heterocycles. The van der Waals surface area contributed by atoms with E-state index in [0.29, 0.717) is 11.8 Å². The molecule has 0 saturated heterocycles. The van der Waals surface area contributed by atoms with Crippen LogP contribution in [0.4, 0.5) is 0 Å². The minimum Gasteiger partial charge on any atom is -0.307 e. The van der Waals surface area contributed by atoms with Crippen LogP contribution in [0.5, 0.6) is 0 Å². The van der Waals surface area contributed by atoms with Crippen molar-refractivity contribution in [3.8, 4) is 0 Å². The van der Waals surface area contributed by atoms with Crippen LogP contribution in [0.15, 0.2) is 17.3 Å². The summed E-state index contributed by atoms with van der Waals surface area (Å²) in [6, 6.07) is 2.17. The molecule has 21 heavy (non-hydrogen) atoms. The number of aryl methyl sites for hydroxylation is 1. The van der Waals surface area contributed by atoms with Crippen LogP contribution in [-0.2, 0) is 11.2 Å². The van der Waals surface area contributed by atoms with Gasteiger partial charge >= 0.3 is 0 Å². The van der Waals surface area contributed by atoms with Crippen molar-refractivity contribution in [3.63, 3.8) is 0 Å². The first kappa shape index (κ1) is 15.7. The van der Waals surface area contributed by atoms with Gasteiger partial charge in [-0.1, -0.05) is 40.7 Å². The fourth-order valence-corrected chi connectivity index (χ4v) is 2.41. The van der Waals surface area contributed by atoms with E-state index in [1.54, 1.807) is 0 Å². The van der Waals surface area contributed by atoms with Crippen LogP contribution in [0.1, 0.15) is 64.3 Å². The molecular formula is C17H25N3O. The molecule has 0 aliphatic carbocycles. The molecule has 0 fully saturated rings. The standard InChI is InChI=1S/C17H25N3O/c1-7-12-8-13(10(2)3)14(18-9-12)15-19-16(21)17(6,20-15)11(4)5/h8-11H,7H2,1-6H3,(H,19,20,21). The third-order valence-electron chi connectivity index (χ3n) is 4.39. The van der Waals surface area contributed by atoms with E-state index in [4.69, 9.17) is 0 Å². The highest BCUT2D eigenvalue weighted by molar-refractivity contribution is 6.15. The average molecular weight is 287 g/mol. The number of pyridine rings is 1. The van der Waals surface area contributed by atoms with E-state index in [2.05, 4.69) is 42.1 Å². The summed E-state index contributed by atoms with van der Waals surface area (Å²) >= 11 is 0. The maximum Gasteiger partial charge on any atom is 0.253 e. The molecular weight excluding hydrogens is 262 g/mol. The Morgan fingerprint density at radius 3 is 2.43 bits per heavy atom. The van der Waals surface area contributed by atoms with Crippen LogP contribution >= 0.6 is 0 Å². The van der Waals surface area contributed by atoms with Crippen molar-refractivity contribution in [2.24, 2.45) is 10.9 Å². The molecule has 0 spiro atoms. The minimum atomic E-state index is -0.700. The Kier molecular flexibility index (Phi) is 4.17. The SMILES string of the molecule is CCc1cnc(C2=NC(C)(C(C)C)C(=O)N2)c(C(C)C)c1. The Labute approximate surface area is 127 Å². The third-order valence-corrected chi connectivity index (χ3v) is 4.39. The molecule has 0 aromatic carbocycles. The van der Waals surface area contributed by atoms with Crippen molar-refractivity contribution < 1.29 is 4.79 Å². The first-order valence-corrected chi connectivity index (χ1v) is 7.70. The van der Waals surface area contributed by atoms with Crippen LogP contribution in [0, 0.1) is 5.92 Å². The second-order valence-electron chi connectivity index (χ2n) is 6.51. The number of aromatic nitrogens is 1. The van der Waals surface area contributed by atoms with E-state index in [1.807, 2.05) is 27.0 Å². The van der Waals surface area contributed by atoms with Crippen molar-refractivity contribution in [1.82, 2.24) is 10.3 Å². The summed E-state index contributed by atoms with van der Waals surface area (Å²) in [5.41, 5.74) is 2.45. The Morgan fingerprint density at radius 1 is 1.29 bits per heavy atom. The van der Waals surface area contributed by atoms with Gasteiger partial charge in [-0.3, -0.25) is 9.78 Å². The van der Waals surface area contributed by atoms with Gasteiger partial charge in [0.15, 0.2) is 5.84 Å². The molecule has 1 aromatic heterocycles. The molecule has 2 rings (SSSR count). The van der Waals surface area contributed by atoms with Crippen molar-refractivity contribution in [1.29, 1.82) is 0 Å². The van der Waals surface area contributed by atoms with Gasteiger partial charge in [0.2, 0.25) is 0 Å². The van der Waals surface area contributed by atoms with Gasteiger partial charge in [0, 0.05) is 6.20 Å². The van der Waals surface area contributed by atoms with E-state index < -0.39 is 5.54 Å². The van der Waals surface area contributed by atoms with Crippen LogP contribution in [-0.4, -0.2) is 22.3 Å². The average Bonchev–Trinajstić information content (AvgIpc) is 2.75. The van der Waals surface area contributed by atoms with Crippen LogP contribution in [0.3, 0.4) is 0 Å². The largest absolute Gasteiger partial charge is 0.307 e. The van der Waals surface area contributed by atoms with Crippen molar-refractivity contribution in [3.05, 3.63) is 29.1 Å². The van der Waals surface area contributed by atoms with Gasteiger partial charge in [0.1, 0.15) is 11.2 Å². The zero-order chi connectivity index (χ0) is 15.8. The number of nitrogens with one attached hydrogen (secondary N) is 1. The van der Waals surface area contributed by atoms with Gasteiger partial charge < -0.3 is 5.32 Å². The number of hydrogen-bond donors (Lipinski definition) is 1. The third kappa shape index (κ3) is 2.71. The molecule has 2 heterocycles. The molecule has 4 heteroatoms. The highest BCUT2D eigenvalue weighted by atomic mass is 16.2.